The second-order valence-corrected chi connectivity index (χ2v) is 4.19. The number of aryl methyl sites for hydroxylation is 1. The Hall–Kier alpha value is -1.88. The molecular weight excluding hydrogens is 252 g/mol. The number of nitrogens with zero attached hydrogens (tertiary/aromatic N) is 3. The van der Waals surface area contributed by atoms with Gasteiger partial charge in [-0.3, -0.25) is 14.5 Å². The van der Waals surface area contributed by atoms with Gasteiger partial charge in [-0.05, 0) is 24.1 Å². The van der Waals surface area contributed by atoms with E-state index in [1.807, 2.05) is 12.1 Å². The molecule has 0 aromatic carbocycles. The number of carbonyl (C=O) groups excluding carboxylic acids is 1. The van der Waals surface area contributed by atoms with Crippen LogP contribution in [0, 0.1) is 0 Å². The number of hydrogen-bond acceptors (Lipinski definition) is 3. The van der Waals surface area contributed by atoms with E-state index in [9.17, 15) is 4.79 Å². The van der Waals surface area contributed by atoms with E-state index in [4.69, 9.17) is 11.6 Å². The summed E-state index contributed by atoms with van der Waals surface area (Å²) in [4.78, 5) is 15.7. The molecule has 0 atom stereocenters. The molecular formula is C12H13ClN4O. The lowest BCUT2D eigenvalue weighted by molar-refractivity contribution is 0.0954. The van der Waals surface area contributed by atoms with Gasteiger partial charge in [0, 0.05) is 26.0 Å². The Morgan fingerprint density at radius 1 is 1.44 bits per heavy atom. The molecule has 6 heteroatoms. The van der Waals surface area contributed by atoms with Gasteiger partial charge in [-0.1, -0.05) is 11.6 Å². The van der Waals surface area contributed by atoms with Crippen molar-refractivity contribution >= 4 is 17.5 Å². The molecule has 18 heavy (non-hydrogen) atoms. The number of pyridine rings is 1. The van der Waals surface area contributed by atoms with Crippen molar-refractivity contribution in [3.05, 3.63) is 47.0 Å². The molecule has 0 aliphatic heterocycles. The molecule has 0 aliphatic carbocycles. The van der Waals surface area contributed by atoms with Gasteiger partial charge in [0.15, 0.2) is 0 Å². The van der Waals surface area contributed by atoms with Gasteiger partial charge in [-0.2, -0.15) is 5.10 Å². The SMILES string of the molecule is Cn1ncc(C(=O)NCCc2ccncc2)c1Cl. The van der Waals surface area contributed by atoms with Crippen LogP contribution in [0.3, 0.4) is 0 Å². The van der Waals surface area contributed by atoms with Gasteiger partial charge in [-0.15, -0.1) is 0 Å². The lowest BCUT2D eigenvalue weighted by Gasteiger charge is -2.04. The fourth-order valence-electron chi connectivity index (χ4n) is 1.54. The first kappa shape index (κ1) is 12.6. The first-order valence-corrected chi connectivity index (χ1v) is 5.91. The predicted molar refractivity (Wildman–Crippen MR) is 68.5 cm³/mol. The van der Waals surface area contributed by atoms with Crippen LogP contribution in [0.2, 0.25) is 5.15 Å². The molecule has 0 radical (unpaired) electrons. The largest absolute Gasteiger partial charge is 0.352 e. The van der Waals surface area contributed by atoms with Crippen LogP contribution >= 0.6 is 11.6 Å². The van der Waals surface area contributed by atoms with Gasteiger partial charge >= 0.3 is 0 Å². The molecule has 0 fully saturated rings. The van der Waals surface area contributed by atoms with Crippen molar-refractivity contribution in [3.8, 4) is 0 Å². The van der Waals surface area contributed by atoms with Crippen molar-refractivity contribution in [3.63, 3.8) is 0 Å². The molecule has 0 saturated carbocycles. The maximum Gasteiger partial charge on any atom is 0.256 e. The van der Waals surface area contributed by atoms with Crippen molar-refractivity contribution in [1.29, 1.82) is 0 Å². The smallest absolute Gasteiger partial charge is 0.256 e. The Bertz CT molecular complexity index is 538. The normalized spacial score (nSPS) is 10.3. The Kier molecular flexibility index (Phi) is 3.94. The molecule has 94 valence electrons. The molecule has 5 nitrogen and oxygen atoms in total. The van der Waals surface area contributed by atoms with Gasteiger partial charge in [0.05, 0.1) is 11.8 Å². The summed E-state index contributed by atoms with van der Waals surface area (Å²) in [6, 6.07) is 3.84. The number of aromatic nitrogens is 3. The van der Waals surface area contributed by atoms with E-state index in [0.717, 1.165) is 12.0 Å². The quantitative estimate of drug-likeness (QED) is 0.909. The zero-order valence-electron chi connectivity index (χ0n) is 9.93. The molecule has 1 amide bonds. The molecule has 0 saturated heterocycles. The predicted octanol–water partition coefficient (Wildman–Crippen LogP) is 1.44. The van der Waals surface area contributed by atoms with Crippen molar-refractivity contribution < 1.29 is 4.79 Å². The van der Waals surface area contributed by atoms with Gasteiger partial charge in [0.1, 0.15) is 5.15 Å². The summed E-state index contributed by atoms with van der Waals surface area (Å²) in [5.74, 6) is -0.206. The Balaban J connectivity index is 1.88. The highest BCUT2D eigenvalue weighted by Crippen LogP contribution is 2.13. The van der Waals surface area contributed by atoms with Crippen LogP contribution < -0.4 is 5.32 Å². The number of hydrogen-bond donors (Lipinski definition) is 1. The first-order valence-electron chi connectivity index (χ1n) is 5.53. The highest BCUT2D eigenvalue weighted by atomic mass is 35.5. The third-order valence-electron chi connectivity index (χ3n) is 2.56. The molecule has 2 rings (SSSR count). The Morgan fingerprint density at radius 3 is 2.78 bits per heavy atom. The van der Waals surface area contributed by atoms with Gasteiger partial charge in [0.2, 0.25) is 0 Å². The van der Waals surface area contributed by atoms with Crippen molar-refractivity contribution in [2.24, 2.45) is 7.05 Å². The maximum absolute atomic E-state index is 11.8. The van der Waals surface area contributed by atoms with Crippen LogP contribution in [0.4, 0.5) is 0 Å². The minimum absolute atomic E-state index is 0.206. The highest BCUT2D eigenvalue weighted by Gasteiger charge is 2.13. The van der Waals surface area contributed by atoms with E-state index in [1.54, 1.807) is 19.4 Å². The average molecular weight is 265 g/mol. The second kappa shape index (κ2) is 5.64. The summed E-state index contributed by atoms with van der Waals surface area (Å²) in [5, 5.41) is 7.07. The van der Waals surface area contributed by atoms with Crippen LogP contribution in [0.25, 0.3) is 0 Å². The van der Waals surface area contributed by atoms with E-state index in [0.29, 0.717) is 17.3 Å². The van der Waals surface area contributed by atoms with Gasteiger partial charge in [0.25, 0.3) is 5.91 Å². The summed E-state index contributed by atoms with van der Waals surface area (Å²) in [6.45, 7) is 0.550. The number of rotatable bonds is 4. The van der Waals surface area contributed by atoms with E-state index in [2.05, 4.69) is 15.4 Å². The van der Waals surface area contributed by atoms with E-state index >= 15 is 0 Å². The summed E-state index contributed by atoms with van der Waals surface area (Å²) in [6.07, 6.45) is 5.68. The maximum atomic E-state index is 11.8. The Labute approximate surface area is 110 Å². The van der Waals surface area contributed by atoms with Crippen molar-refractivity contribution in [2.75, 3.05) is 6.54 Å². The summed E-state index contributed by atoms with van der Waals surface area (Å²) < 4.78 is 1.46. The molecule has 0 spiro atoms. The van der Waals surface area contributed by atoms with E-state index in [1.165, 1.54) is 10.9 Å². The summed E-state index contributed by atoms with van der Waals surface area (Å²) >= 11 is 5.93. The van der Waals surface area contributed by atoms with E-state index in [-0.39, 0.29) is 5.91 Å². The van der Waals surface area contributed by atoms with Gasteiger partial charge < -0.3 is 5.32 Å². The van der Waals surface area contributed by atoms with Gasteiger partial charge in [-0.25, -0.2) is 0 Å². The molecule has 2 aromatic rings. The molecule has 0 aliphatic rings. The highest BCUT2D eigenvalue weighted by molar-refractivity contribution is 6.32. The topological polar surface area (TPSA) is 59.8 Å². The summed E-state index contributed by atoms with van der Waals surface area (Å²) in [7, 11) is 1.69. The average Bonchev–Trinajstić information content (AvgIpc) is 2.71. The Morgan fingerprint density at radius 2 is 2.17 bits per heavy atom. The third-order valence-corrected chi connectivity index (χ3v) is 3.01. The minimum Gasteiger partial charge on any atom is -0.352 e. The van der Waals surface area contributed by atoms with E-state index < -0.39 is 0 Å². The van der Waals surface area contributed by atoms with Crippen molar-refractivity contribution in [1.82, 2.24) is 20.1 Å². The fraction of sp³-hybridized carbons (Fsp3) is 0.250. The molecule has 0 unspecified atom stereocenters. The zero-order valence-corrected chi connectivity index (χ0v) is 10.7. The third kappa shape index (κ3) is 2.87. The lowest BCUT2D eigenvalue weighted by atomic mass is 10.2. The number of halogens is 1. The van der Waals surface area contributed by atoms with Crippen molar-refractivity contribution in [2.45, 2.75) is 6.42 Å². The van der Waals surface area contributed by atoms with Crippen LogP contribution in [-0.2, 0) is 13.5 Å². The number of amides is 1. The lowest BCUT2D eigenvalue weighted by Crippen LogP contribution is -2.25. The molecule has 2 aromatic heterocycles. The second-order valence-electron chi connectivity index (χ2n) is 3.83. The molecule has 0 bridgehead atoms. The fourth-order valence-corrected chi connectivity index (χ4v) is 1.72. The monoisotopic (exact) mass is 264 g/mol. The van der Waals surface area contributed by atoms with Crippen LogP contribution in [0.5, 0.6) is 0 Å². The summed E-state index contributed by atoms with van der Waals surface area (Å²) in [5.41, 5.74) is 1.52. The number of carbonyl (C=O) groups is 1. The molecule has 2 heterocycles. The molecule has 1 N–H and O–H groups in total. The standard InChI is InChI=1S/C12H13ClN4O/c1-17-11(13)10(8-16-17)12(18)15-7-4-9-2-5-14-6-3-9/h2-3,5-6,8H,4,7H2,1H3,(H,15,18). The van der Waals surface area contributed by atoms with Crippen LogP contribution in [0.15, 0.2) is 30.7 Å². The zero-order chi connectivity index (χ0) is 13.0. The minimum atomic E-state index is -0.206. The van der Waals surface area contributed by atoms with Crippen LogP contribution in [-0.4, -0.2) is 27.2 Å². The first-order chi connectivity index (χ1) is 8.68. The number of nitrogens with one attached hydrogen (secondary N) is 1. The van der Waals surface area contributed by atoms with Crippen LogP contribution in [0.1, 0.15) is 15.9 Å².